The number of carbonyl (C=O) groups excluding carboxylic acids is 1. The second-order valence-electron chi connectivity index (χ2n) is 7.44. The molecule has 0 bridgehead atoms. The topological polar surface area (TPSA) is 54.3 Å². The molecule has 150 valence electrons. The molecule has 1 aliphatic rings. The van der Waals surface area contributed by atoms with E-state index in [4.69, 9.17) is 11.6 Å². The zero-order chi connectivity index (χ0) is 20.7. The van der Waals surface area contributed by atoms with Crippen molar-refractivity contribution in [2.24, 2.45) is 0 Å². The lowest BCUT2D eigenvalue weighted by atomic mass is 10.1. The van der Waals surface area contributed by atoms with Crippen molar-refractivity contribution in [1.29, 1.82) is 0 Å². The smallest absolute Gasteiger partial charge is 0.258 e. The number of fused-ring (bicyclic) bond motifs is 2. The van der Waals surface area contributed by atoms with Gasteiger partial charge in [0.2, 0.25) is 0 Å². The zero-order valence-corrected chi connectivity index (χ0v) is 17.3. The van der Waals surface area contributed by atoms with E-state index in [2.05, 4.69) is 15.2 Å². The van der Waals surface area contributed by atoms with E-state index < -0.39 is 0 Å². The van der Waals surface area contributed by atoms with Gasteiger partial charge in [0, 0.05) is 30.7 Å². The molecule has 0 radical (unpaired) electrons. The van der Waals surface area contributed by atoms with Crippen LogP contribution in [0.15, 0.2) is 66.7 Å². The van der Waals surface area contributed by atoms with E-state index in [0.717, 1.165) is 34.5 Å². The number of aromatic nitrogens is 3. The highest BCUT2D eigenvalue weighted by Crippen LogP contribution is 2.35. The van der Waals surface area contributed by atoms with Gasteiger partial charge in [-0.25, -0.2) is 4.68 Å². The van der Waals surface area contributed by atoms with Crippen LogP contribution in [0.5, 0.6) is 0 Å². The molecule has 2 heterocycles. The Morgan fingerprint density at radius 3 is 2.63 bits per heavy atom. The fourth-order valence-corrected chi connectivity index (χ4v) is 4.02. The summed E-state index contributed by atoms with van der Waals surface area (Å²) in [4.78, 5) is 17.2. The first-order valence-electron chi connectivity index (χ1n) is 9.80. The minimum atomic E-state index is -0.0237. The van der Waals surface area contributed by atoms with Crippen LogP contribution in [0.4, 0.5) is 11.4 Å². The molecule has 1 aromatic heterocycles. The highest BCUT2D eigenvalue weighted by atomic mass is 35.5. The van der Waals surface area contributed by atoms with E-state index >= 15 is 0 Å². The number of carbonyl (C=O) groups is 1. The molecule has 0 fully saturated rings. The fourth-order valence-electron chi connectivity index (χ4n) is 3.85. The second kappa shape index (κ2) is 7.46. The molecule has 0 aliphatic carbocycles. The average molecular weight is 418 g/mol. The van der Waals surface area contributed by atoms with Crippen molar-refractivity contribution in [2.45, 2.75) is 6.54 Å². The van der Waals surface area contributed by atoms with Crippen LogP contribution in [0.25, 0.3) is 11.0 Å². The predicted octanol–water partition coefficient (Wildman–Crippen LogP) is 4.23. The Kier molecular flexibility index (Phi) is 4.64. The van der Waals surface area contributed by atoms with Crippen molar-refractivity contribution in [3.63, 3.8) is 0 Å². The summed E-state index contributed by atoms with van der Waals surface area (Å²) in [6.07, 6.45) is 0. The Labute approximate surface area is 179 Å². The van der Waals surface area contributed by atoms with Crippen LogP contribution < -0.4 is 9.80 Å². The number of amides is 1. The van der Waals surface area contributed by atoms with E-state index in [1.54, 1.807) is 4.90 Å². The number of para-hydroxylation sites is 1. The fraction of sp³-hybridized carbons (Fsp3) is 0.174. The Hall–Kier alpha value is -3.38. The molecule has 6 nitrogen and oxygen atoms in total. The standard InChI is InChI=1S/C23H20ClN5O/c1-27-12-13-28(22-14-18(24)10-11-21(22)27)23(30)17-8-6-16(7-9-17)15-29-20-5-3-2-4-19(20)25-26-29/h2-11,14H,12-13,15H2,1H3. The quantitative estimate of drug-likeness (QED) is 0.500. The maximum atomic E-state index is 13.2. The third-order valence-corrected chi connectivity index (χ3v) is 5.73. The Balaban J connectivity index is 1.39. The van der Waals surface area contributed by atoms with Crippen molar-refractivity contribution in [2.75, 3.05) is 29.9 Å². The van der Waals surface area contributed by atoms with Crippen LogP contribution in [0.1, 0.15) is 15.9 Å². The third-order valence-electron chi connectivity index (χ3n) is 5.50. The SMILES string of the molecule is CN1CCN(C(=O)c2ccc(Cn3nnc4ccccc43)cc2)c2cc(Cl)ccc21. The normalized spacial score (nSPS) is 13.5. The van der Waals surface area contributed by atoms with Gasteiger partial charge < -0.3 is 9.80 Å². The van der Waals surface area contributed by atoms with Crippen LogP contribution in [0, 0.1) is 0 Å². The van der Waals surface area contributed by atoms with Gasteiger partial charge in [-0.3, -0.25) is 4.79 Å². The molecule has 4 aromatic rings. The first kappa shape index (κ1) is 18.6. The summed E-state index contributed by atoms with van der Waals surface area (Å²) < 4.78 is 1.87. The van der Waals surface area contributed by atoms with Gasteiger partial charge >= 0.3 is 0 Å². The van der Waals surface area contributed by atoms with Crippen LogP contribution in [0.2, 0.25) is 5.02 Å². The minimum absolute atomic E-state index is 0.0237. The number of nitrogens with zero attached hydrogens (tertiary/aromatic N) is 5. The largest absolute Gasteiger partial charge is 0.371 e. The van der Waals surface area contributed by atoms with E-state index in [0.29, 0.717) is 23.7 Å². The molecule has 30 heavy (non-hydrogen) atoms. The van der Waals surface area contributed by atoms with Gasteiger partial charge in [-0.2, -0.15) is 0 Å². The summed E-state index contributed by atoms with van der Waals surface area (Å²) in [6, 6.07) is 21.2. The molecular weight excluding hydrogens is 398 g/mol. The molecule has 5 rings (SSSR count). The average Bonchev–Trinajstić information content (AvgIpc) is 3.17. The van der Waals surface area contributed by atoms with Gasteiger partial charge in [0.1, 0.15) is 5.52 Å². The summed E-state index contributed by atoms with van der Waals surface area (Å²) in [5, 5.41) is 9.05. The van der Waals surface area contributed by atoms with Gasteiger partial charge in [-0.1, -0.05) is 41.1 Å². The lowest BCUT2D eigenvalue weighted by Gasteiger charge is -2.35. The summed E-state index contributed by atoms with van der Waals surface area (Å²) in [6.45, 7) is 2.00. The number of hydrogen-bond acceptors (Lipinski definition) is 4. The van der Waals surface area contributed by atoms with Crippen molar-refractivity contribution < 1.29 is 4.79 Å². The molecule has 0 atom stereocenters. The lowest BCUT2D eigenvalue weighted by Crippen LogP contribution is -2.42. The van der Waals surface area contributed by atoms with Gasteiger partial charge in [0.25, 0.3) is 5.91 Å². The number of likely N-dealkylation sites (N-methyl/N-ethyl adjacent to an activating group) is 1. The third kappa shape index (κ3) is 3.29. The van der Waals surface area contributed by atoms with Crippen molar-refractivity contribution in [3.05, 3.63) is 82.9 Å². The van der Waals surface area contributed by atoms with Crippen LogP contribution in [-0.2, 0) is 6.54 Å². The molecule has 0 unspecified atom stereocenters. The molecule has 1 amide bonds. The predicted molar refractivity (Wildman–Crippen MR) is 119 cm³/mol. The van der Waals surface area contributed by atoms with Gasteiger partial charge in [0.05, 0.1) is 23.4 Å². The van der Waals surface area contributed by atoms with E-state index in [1.165, 1.54) is 0 Å². The van der Waals surface area contributed by atoms with Crippen LogP contribution in [-0.4, -0.2) is 41.0 Å². The van der Waals surface area contributed by atoms with E-state index in [1.807, 2.05) is 78.5 Å². The number of hydrogen-bond donors (Lipinski definition) is 0. The summed E-state index contributed by atoms with van der Waals surface area (Å²) in [5.74, 6) is -0.0237. The molecule has 3 aromatic carbocycles. The molecular formula is C23H20ClN5O. The Bertz CT molecular complexity index is 1230. The summed E-state index contributed by atoms with van der Waals surface area (Å²) >= 11 is 6.20. The number of anilines is 2. The lowest BCUT2D eigenvalue weighted by molar-refractivity contribution is 0.0986. The molecule has 7 heteroatoms. The van der Waals surface area contributed by atoms with Gasteiger partial charge in [0.15, 0.2) is 0 Å². The maximum absolute atomic E-state index is 13.2. The monoisotopic (exact) mass is 417 g/mol. The van der Waals surface area contributed by atoms with Crippen molar-refractivity contribution >= 4 is 39.9 Å². The van der Waals surface area contributed by atoms with E-state index in [9.17, 15) is 4.79 Å². The van der Waals surface area contributed by atoms with Gasteiger partial charge in [-0.05, 0) is 48.0 Å². The Morgan fingerprint density at radius 2 is 1.80 bits per heavy atom. The first-order valence-corrected chi connectivity index (χ1v) is 10.2. The van der Waals surface area contributed by atoms with Crippen LogP contribution in [0.3, 0.4) is 0 Å². The number of halogens is 1. The van der Waals surface area contributed by atoms with Crippen molar-refractivity contribution in [1.82, 2.24) is 15.0 Å². The van der Waals surface area contributed by atoms with Crippen LogP contribution >= 0.6 is 11.6 Å². The molecule has 0 spiro atoms. The van der Waals surface area contributed by atoms with Crippen molar-refractivity contribution in [3.8, 4) is 0 Å². The maximum Gasteiger partial charge on any atom is 0.258 e. The zero-order valence-electron chi connectivity index (χ0n) is 16.5. The first-order chi connectivity index (χ1) is 14.6. The van der Waals surface area contributed by atoms with E-state index in [-0.39, 0.29) is 5.91 Å². The summed E-state index contributed by atoms with van der Waals surface area (Å²) in [5.41, 5.74) is 5.43. The molecule has 0 saturated heterocycles. The molecule has 1 aliphatic heterocycles. The summed E-state index contributed by atoms with van der Waals surface area (Å²) in [7, 11) is 2.02. The number of benzene rings is 3. The van der Waals surface area contributed by atoms with Gasteiger partial charge in [-0.15, -0.1) is 5.10 Å². The molecule has 0 saturated carbocycles. The Morgan fingerprint density at radius 1 is 1.00 bits per heavy atom. The second-order valence-corrected chi connectivity index (χ2v) is 7.88. The minimum Gasteiger partial charge on any atom is -0.371 e. The molecule has 0 N–H and O–H groups in total. The highest BCUT2D eigenvalue weighted by Gasteiger charge is 2.26. The highest BCUT2D eigenvalue weighted by molar-refractivity contribution is 6.31. The number of rotatable bonds is 3.